The van der Waals surface area contributed by atoms with Crippen LogP contribution in [0, 0.1) is 0 Å². The van der Waals surface area contributed by atoms with Gasteiger partial charge in [0.2, 0.25) is 0 Å². The van der Waals surface area contributed by atoms with E-state index >= 15 is 0 Å². The molecule has 0 saturated carbocycles. The molecule has 3 N–H and O–H groups in total. The van der Waals surface area contributed by atoms with Crippen molar-refractivity contribution in [3.8, 4) is 0 Å². The summed E-state index contributed by atoms with van der Waals surface area (Å²) in [5, 5.41) is 15.3. The highest BCUT2D eigenvalue weighted by atomic mass is 16.4. The van der Waals surface area contributed by atoms with Crippen LogP contribution in [0.1, 0.15) is 5.56 Å². The van der Waals surface area contributed by atoms with Gasteiger partial charge in [0.05, 0.1) is 11.8 Å². The first-order valence-corrected chi connectivity index (χ1v) is 3.59. The number of oxime groups is 1. The van der Waals surface area contributed by atoms with Gasteiger partial charge < -0.3 is 10.9 Å². The minimum Gasteiger partial charge on any atom is -0.409 e. The highest BCUT2D eigenvalue weighted by molar-refractivity contribution is 6.01. The van der Waals surface area contributed by atoms with Crippen LogP contribution in [-0.4, -0.2) is 25.6 Å². The Morgan fingerprint density at radius 2 is 2.46 bits per heavy atom. The van der Waals surface area contributed by atoms with Gasteiger partial charge in [-0.3, -0.25) is 0 Å². The number of aromatic nitrogens is 3. The molecule has 13 heavy (non-hydrogen) atoms. The van der Waals surface area contributed by atoms with Gasteiger partial charge in [-0.25, -0.2) is 9.50 Å². The van der Waals surface area contributed by atoms with E-state index in [4.69, 9.17) is 10.9 Å². The Bertz CT molecular complexity index is 461. The molecule has 0 amide bonds. The van der Waals surface area contributed by atoms with Gasteiger partial charge >= 0.3 is 0 Å². The zero-order valence-electron chi connectivity index (χ0n) is 6.62. The van der Waals surface area contributed by atoms with E-state index < -0.39 is 0 Å². The van der Waals surface area contributed by atoms with Gasteiger partial charge in [-0.2, -0.15) is 5.10 Å². The van der Waals surface area contributed by atoms with E-state index in [-0.39, 0.29) is 5.84 Å². The number of amidine groups is 1. The molecule has 2 heterocycles. The van der Waals surface area contributed by atoms with Crippen LogP contribution in [0.25, 0.3) is 5.65 Å². The van der Waals surface area contributed by atoms with Crippen molar-refractivity contribution in [2.75, 3.05) is 0 Å². The van der Waals surface area contributed by atoms with Gasteiger partial charge in [0.15, 0.2) is 11.5 Å². The lowest BCUT2D eigenvalue weighted by Crippen LogP contribution is -2.12. The molecule has 66 valence electrons. The average molecular weight is 177 g/mol. The number of nitrogens with zero attached hydrogens (tertiary/aromatic N) is 4. The van der Waals surface area contributed by atoms with E-state index in [1.54, 1.807) is 23.0 Å². The highest BCUT2D eigenvalue weighted by Gasteiger charge is 2.07. The molecule has 0 saturated heterocycles. The number of fused-ring (bicyclic) bond motifs is 1. The second kappa shape index (κ2) is 2.74. The van der Waals surface area contributed by atoms with E-state index in [0.29, 0.717) is 11.2 Å². The molecule has 0 atom stereocenters. The topological polar surface area (TPSA) is 88.8 Å². The maximum Gasteiger partial charge on any atom is 0.175 e. The molecule has 0 fully saturated rings. The summed E-state index contributed by atoms with van der Waals surface area (Å²) in [6.45, 7) is 0. The smallest absolute Gasteiger partial charge is 0.175 e. The standard InChI is InChI=1S/C7H7N5O/c8-6(11-13)5-4-10-12-3-1-2-9-7(5)12/h1-4,13H,(H2,8,11). The van der Waals surface area contributed by atoms with Crippen LogP contribution in [0.2, 0.25) is 0 Å². The molecule has 2 aromatic rings. The SMILES string of the molecule is N/C(=N/O)c1cnn2cccnc12. The van der Waals surface area contributed by atoms with Crippen LogP contribution in [-0.2, 0) is 0 Å². The van der Waals surface area contributed by atoms with Gasteiger partial charge in [-0.1, -0.05) is 5.16 Å². The van der Waals surface area contributed by atoms with E-state index in [1.807, 2.05) is 0 Å². The Kier molecular flexibility index (Phi) is 1.59. The van der Waals surface area contributed by atoms with Crippen LogP contribution in [0.5, 0.6) is 0 Å². The summed E-state index contributed by atoms with van der Waals surface area (Å²) in [5.41, 5.74) is 6.50. The van der Waals surface area contributed by atoms with Crippen LogP contribution in [0.15, 0.2) is 29.8 Å². The lowest BCUT2D eigenvalue weighted by molar-refractivity contribution is 0.318. The Hall–Kier alpha value is -2.11. The Balaban J connectivity index is 2.71. The Morgan fingerprint density at radius 1 is 1.62 bits per heavy atom. The van der Waals surface area contributed by atoms with Crippen molar-refractivity contribution >= 4 is 11.5 Å². The van der Waals surface area contributed by atoms with Crippen molar-refractivity contribution in [1.82, 2.24) is 14.6 Å². The average Bonchev–Trinajstić information content (AvgIpc) is 2.60. The molecule has 6 nitrogen and oxygen atoms in total. The molecule has 0 aliphatic rings. The lowest BCUT2D eigenvalue weighted by Gasteiger charge is -1.93. The van der Waals surface area contributed by atoms with E-state index in [1.165, 1.54) is 6.20 Å². The summed E-state index contributed by atoms with van der Waals surface area (Å²) >= 11 is 0. The van der Waals surface area contributed by atoms with E-state index in [2.05, 4.69) is 15.2 Å². The third kappa shape index (κ3) is 1.08. The van der Waals surface area contributed by atoms with Crippen molar-refractivity contribution < 1.29 is 5.21 Å². The first kappa shape index (κ1) is 7.53. The van der Waals surface area contributed by atoms with Crippen molar-refractivity contribution in [2.45, 2.75) is 0 Å². The molecular weight excluding hydrogens is 170 g/mol. The predicted molar refractivity (Wildman–Crippen MR) is 45.5 cm³/mol. The van der Waals surface area contributed by atoms with Gasteiger partial charge in [-0.05, 0) is 6.07 Å². The second-order valence-electron chi connectivity index (χ2n) is 2.43. The predicted octanol–water partition coefficient (Wildman–Crippen LogP) is -0.176. The number of hydrogen-bond acceptors (Lipinski definition) is 4. The molecule has 0 unspecified atom stereocenters. The minimum absolute atomic E-state index is 0.00806. The summed E-state index contributed by atoms with van der Waals surface area (Å²) in [7, 11) is 0. The molecule has 0 spiro atoms. The largest absolute Gasteiger partial charge is 0.409 e. The van der Waals surface area contributed by atoms with Gasteiger partial charge in [0.1, 0.15) is 0 Å². The first-order valence-electron chi connectivity index (χ1n) is 3.59. The maximum absolute atomic E-state index is 8.46. The van der Waals surface area contributed by atoms with Crippen molar-refractivity contribution in [2.24, 2.45) is 10.9 Å². The highest BCUT2D eigenvalue weighted by Crippen LogP contribution is 2.05. The van der Waals surface area contributed by atoms with Crippen LogP contribution >= 0.6 is 0 Å². The van der Waals surface area contributed by atoms with Crippen LogP contribution < -0.4 is 5.73 Å². The number of hydrogen-bond donors (Lipinski definition) is 2. The third-order valence-corrected chi connectivity index (χ3v) is 1.66. The fourth-order valence-electron chi connectivity index (χ4n) is 1.06. The fourth-order valence-corrected chi connectivity index (χ4v) is 1.06. The number of rotatable bonds is 1. The zero-order valence-corrected chi connectivity index (χ0v) is 6.62. The second-order valence-corrected chi connectivity index (χ2v) is 2.43. The summed E-state index contributed by atoms with van der Waals surface area (Å²) in [5.74, 6) is 0.00806. The molecule has 0 aromatic carbocycles. The van der Waals surface area contributed by atoms with Crippen molar-refractivity contribution in [3.63, 3.8) is 0 Å². The summed E-state index contributed by atoms with van der Waals surface area (Å²) in [4.78, 5) is 4.04. The van der Waals surface area contributed by atoms with E-state index in [9.17, 15) is 0 Å². The first-order chi connectivity index (χ1) is 6.33. The maximum atomic E-state index is 8.46. The summed E-state index contributed by atoms with van der Waals surface area (Å²) < 4.78 is 1.55. The Morgan fingerprint density at radius 3 is 3.23 bits per heavy atom. The lowest BCUT2D eigenvalue weighted by atomic mass is 10.3. The van der Waals surface area contributed by atoms with Gasteiger partial charge in [0.25, 0.3) is 0 Å². The monoisotopic (exact) mass is 177 g/mol. The van der Waals surface area contributed by atoms with Crippen molar-refractivity contribution in [3.05, 3.63) is 30.2 Å². The fraction of sp³-hybridized carbons (Fsp3) is 0. The molecular formula is C7H7N5O. The summed E-state index contributed by atoms with van der Waals surface area (Å²) in [6, 6.07) is 1.75. The van der Waals surface area contributed by atoms with Crippen LogP contribution in [0.3, 0.4) is 0 Å². The molecule has 6 heteroatoms. The van der Waals surface area contributed by atoms with Gasteiger partial charge in [0, 0.05) is 12.4 Å². The molecule has 0 aliphatic carbocycles. The summed E-state index contributed by atoms with van der Waals surface area (Å²) in [6.07, 6.45) is 4.85. The normalized spacial score (nSPS) is 12.2. The molecule has 2 aromatic heterocycles. The minimum atomic E-state index is 0.00806. The molecule has 0 bridgehead atoms. The quantitative estimate of drug-likeness (QED) is 0.274. The van der Waals surface area contributed by atoms with Crippen molar-refractivity contribution in [1.29, 1.82) is 0 Å². The molecule has 2 rings (SSSR count). The Labute approximate surface area is 73.3 Å². The zero-order chi connectivity index (χ0) is 9.26. The number of nitrogens with two attached hydrogens (primary N) is 1. The molecule has 0 aliphatic heterocycles. The van der Waals surface area contributed by atoms with Crippen LogP contribution in [0.4, 0.5) is 0 Å². The third-order valence-electron chi connectivity index (χ3n) is 1.66. The molecule has 0 radical (unpaired) electrons. The van der Waals surface area contributed by atoms with E-state index in [0.717, 1.165) is 0 Å². The van der Waals surface area contributed by atoms with Gasteiger partial charge in [-0.15, -0.1) is 0 Å².